The van der Waals surface area contributed by atoms with Gasteiger partial charge in [0.15, 0.2) is 0 Å². The lowest BCUT2D eigenvalue weighted by Crippen LogP contribution is -2.42. The Morgan fingerprint density at radius 1 is 1.06 bits per heavy atom. The highest BCUT2D eigenvalue weighted by atomic mass is 19.2. The third-order valence-corrected chi connectivity index (χ3v) is 5.08. The number of rotatable bonds is 9. The number of unbranched alkanes of at least 4 members (excludes halogenated alkanes) is 3. The third-order valence-electron chi connectivity index (χ3n) is 5.08. The Balaban J connectivity index is 1.51. The lowest BCUT2D eigenvalue weighted by atomic mass is 9.98. The number of carbonyl (C=O) groups excluding carboxylic acids is 3. The summed E-state index contributed by atoms with van der Waals surface area (Å²) in [5, 5.41) is 2.56. The van der Waals surface area contributed by atoms with Gasteiger partial charge in [-0.1, -0.05) is 34.9 Å². The first kappa shape index (κ1) is 26.5. The summed E-state index contributed by atoms with van der Waals surface area (Å²) in [5.41, 5.74) is 0.269. The van der Waals surface area contributed by atoms with Crippen molar-refractivity contribution in [1.82, 2.24) is 10.4 Å². The highest BCUT2D eigenvalue weighted by Gasteiger charge is 2.33. The Morgan fingerprint density at radius 3 is 2.56 bits per heavy atom. The summed E-state index contributed by atoms with van der Waals surface area (Å²) in [4.78, 5) is 36.0. The molecule has 1 aliphatic heterocycles. The maximum Gasteiger partial charge on any atom is 0.299 e. The number of carbonyl (C=O) groups is 3. The van der Waals surface area contributed by atoms with Crippen molar-refractivity contribution in [2.45, 2.75) is 52.1 Å². The number of benzene rings is 2. The maximum atomic E-state index is 14.0. The van der Waals surface area contributed by atoms with Gasteiger partial charge in [0.05, 0.1) is 12.1 Å². The van der Waals surface area contributed by atoms with Crippen LogP contribution in [0.3, 0.4) is 0 Å². The molecule has 188 valence electrons. The van der Waals surface area contributed by atoms with Crippen molar-refractivity contribution in [2.75, 3.05) is 6.54 Å². The fourth-order valence-electron chi connectivity index (χ4n) is 3.48. The quantitative estimate of drug-likeness (QED) is 0.127. The molecule has 1 aliphatic rings. The van der Waals surface area contributed by atoms with Gasteiger partial charge in [-0.15, -0.1) is 0 Å². The summed E-state index contributed by atoms with van der Waals surface area (Å²) in [5.74, 6) is 4.39. The van der Waals surface area contributed by atoms with Crippen LogP contribution in [0.2, 0.25) is 0 Å². The molecule has 0 fully saturated rings. The molecule has 8 heteroatoms. The number of nitrogens with one attached hydrogen (secondary N) is 1. The molecule has 0 spiro atoms. The summed E-state index contributed by atoms with van der Waals surface area (Å²) >= 11 is 0. The second-order valence-corrected chi connectivity index (χ2v) is 9.23. The lowest BCUT2D eigenvalue weighted by molar-refractivity contribution is -0.116. The number of imide groups is 1. The van der Waals surface area contributed by atoms with Gasteiger partial charge >= 0.3 is 0 Å². The van der Waals surface area contributed by atoms with Crippen molar-refractivity contribution in [2.24, 2.45) is 0 Å². The molecule has 2 aromatic carbocycles. The number of ether oxygens (including phenoxy) is 2. The van der Waals surface area contributed by atoms with E-state index in [9.17, 15) is 18.9 Å². The van der Waals surface area contributed by atoms with Crippen LogP contribution in [0.1, 0.15) is 72.7 Å². The fraction of sp³-hybridized carbons (Fsp3) is 0.321. The van der Waals surface area contributed by atoms with E-state index in [0.717, 1.165) is 18.4 Å². The van der Waals surface area contributed by atoms with Gasteiger partial charge in [-0.3, -0.25) is 19.7 Å². The average molecular weight is 493 g/mol. The number of fused-ring (bicyclic) bond motifs is 1. The predicted molar refractivity (Wildman–Crippen MR) is 133 cm³/mol. The van der Waals surface area contributed by atoms with Crippen molar-refractivity contribution in [3.05, 3.63) is 71.6 Å². The van der Waals surface area contributed by atoms with Crippen LogP contribution in [0.5, 0.6) is 11.5 Å². The van der Waals surface area contributed by atoms with Crippen molar-refractivity contribution in [1.29, 1.82) is 0 Å². The molecule has 0 atom stereocenters. The summed E-state index contributed by atoms with van der Waals surface area (Å²) in [6.45, 7) is 9.34. The van der Waals surface area contributed by atoms with Crippen LogP contribution in [0.15, 0.2) is 54.9 Å². The molecule has 0 aliphatic carbocycles. The van der Waals surface area contributed by atoms with Crippen LogP contribution in [-0.2, 0) is 9.53 Å². The molecule has 0 aromatic heterocycles. The molecule has 0 saturated carbocycles. The van der Waals surface area contributed by atoms with Gasteiger partial charge in [-0.25, -0.2) is 0 Å². The Hall–Kier alpha value is -4.12. The monoisotopic (exact) mass is 492 g/mol. The average Bonchev–Trinajstić information content (AvgIpc) is 2.81. The zero-order valence-corrected chi connectivity index (χ0v) is 20.7. The smallest absolute Gasteiger partial charge is 0.299 e. The Morgan fingerprint density at radius 2 is 1.81 bits per heavy atom. The first-order valence-corrected chi connectivity index (χ1v) is 11.7. The third kappa shape index (κ3) is 7.19. The van der Waals surface area contributed by atoms with Crippen molar-refractivity contribution >= 4 is 17.6 Å². The van der Waals surface area contributed by atoms with Crippen LogP contribution >= 0.6 is 0 Å². The molecule has 7 nitrogen and oxygen atoms in total. The number of amides is 2. The molecule has 0 bridgehead atoms. The highest BCUT2D eigenvalue weighted by molar-refractivity contribution is 6.49. The molecule has 3 rings (SSSR count). The van der Waals surface area contributed by atoms with E-state index in [4.69, 9.17) is 9.47 Å². The Bertz CT molecular complexity index is 1240. The highest BCUT2D eigenvalue weighted by Crippen LogP contribution is 2.30. The molecular weight excluding hydrogens is 463 g/mol. The number of hydrogen-bond donors (Lipinski definition) is 1. The van der Waals surface area contributed by atoms with Gasteiger partial charge in [0, 0.05) is 17.5 Å². The summed E-state index contributed by atoms with van der Waals surface area (Å²) in [6, 6.07) is 11.6. The second kappa shape index (κ2) is 11.5. The van der Waals surface area contributed by atoms with Gasteiger partial charge < -0.3 is 9.47 Å². The molecule has 0 radical (unpaired) electrons. The molecule has 1 heterocycles. The normalized spacial score (nSPS) is 12.7. The molecule has 36 heavy (non-hydrogen) atoms. The van der Waals surface area contributed by atoms with E-state index in [0.29, 0.717) is 23.7 Å². The Kier molecular flexibility index (Phi) is 8.49. The van der Waals surface area contributed by atoms with Gasteiger partial charge in [-0.2, -0.15) is 5.12 Å². The first-order valence-electron chi connectivity index (χ1n) is 11.7. The topological polar surface area (TPSA) is 84.9 Å². The minimum atomic E-state index is -0.955. The number of halogens is 1. The van der Waals surface area contributed by atoms with Gasteiger partial charge in [-0.05, 0) is 70.5 Å². The zero-order chi connectivity index (χ0) is 26.3. The fourth-order valence-corrected chi connectivity index (χ4v) is 3.48. The predicted octanol–water partition coefficient (Wildman–Crippen LogP) is 5.32. The van der Waals surface area contributed by atoms with Crippen LogP contribution in [0.4, 0.5) is 4.48 Å². The number of Topliss-reactive ketones (excluding diaryl/α,β-unsaturated/α-hetero) is 1. The SMILES string of the molecule is C=C(OC(C)(C)C)N(F)CCCCCC#Cc1cccc(Oc2cccc3c2C(=O)NC(=O)C3=O)c1. The van der Waals surface area contributed by atoms with E-state index in [1.807, 2.05) is 32.2 Å². The summed E-state index contributed by atoms with van der Waals surface area (Å²) in [6.07, 6.45) is 2.93. The van der Waals surface area contributed by atoms with Crippen LogP contribution in [0.25, 0.3) is 0 Å². The lowest BCUT2D eigenvalue weighted by Gasteiger charge is -2.25. The van der Waals surface area contributed by atoms with Gasteiger partial charge in [0.25, 0.3) is 17.6 Å². The van der Waals surface area contributed by atoms with E-state index < -0.39 is 23.2 Å². The molecule has 1 N–H and O–H groups in total. The van der Waals surface area contributed by atoms with Crippen LogP contribution < -0.4 is 10.1 Å². The van der Waals surface area contributed by atoms with Crippen molar-refractivity contribution in [3.8, 4) is 23.3 Å². The van der Waals surface area contributed by atoms with Crippen LogP contribution in [0, 0.1) is 11.8 Å². The molecule has 0 saturated heterocycles. The molecular formula is C28H29FN2O5. The summed E-state index contributed by atoms with van der Waals surface area (Å²) in [7, 11) is 0. The molecule has 2 amide bonds. The number of hydrogen-bond acceptors (Lipinski definition) is 6. The first-order chi connectivity index (χ1) is 17.0. The van der Waals surface area contributed by atoms with E-state index >= 15 is 0 Å². The van der Waals surface area contributed by atoms with Crippen molar-refractivity contribution in [3.63, 3.8) is 0 Å². The van der Waals surface area contributed by atoms with E-state index in [1.165, 1.54) is 6.07 Å². The molecule has 2 aromatic rings. The van der Waals surface area contributed by atoms with E-state index in [-0.39, 0.29) is 29.3 Å². The molecule has 0 unspecified atom stereocenters. The van der Waals surface area contributed by atoms with Crippen molar-refractivity contribution < 1.29 is 28.3 Å². The minimum Gasteiger partial charge on any atom is -0.472 e. The maximum absolute atomic E-state index is 14.0. The van der Waals surface area contributed by atoms with E-state index in [2.05, 4.69) is 18.4 Å². The van der Waals surface area contributed by atoms with E-state index in [1.54, 1.807) is 30.3 Å². The number of ketones is 1. The summed E-state index contributed by atoms with van der Waals surface area (Å²) < 4.78 is 25.2. The minimum absolute atomic E-state index is 0.0131. The van der Waals surface area contributed by atoms with Crippen LogP contribution in [-0.4, -0.2) is 34.9 Å². The van der Waals surface area contributed by atoms with Gasteiger partial charge in [0.2, 0.25) is 5.88 Å². The zero-order valence-electron chi connectivity index (χ0n) is 20.7. The largest absolute Gasteiger partial charge is 0.472 e. The second-order valence-electron chi connectivity index (χ2n) is 9.23. The standard InChI is InChI=1S/C28H29FN2O5/c1-19(36-28(2,3)4)31(29)17-9-7-5-6-8-12-20-13-10-14-21(18-20)35-23-16-11-15-22-24(23)26(33)30-27(34)25(22)32/h10-11,13-16,18H,1,5-7,9,17H2,2-4H3,(H,30,33,34). The van der Waals surface area contributed by atoms with Gasteiger partial charge in [0.1, 0.15) is 17.1 Å². The Labute approximate surface area is 210 Å². The number of nitrogens with zero attached hydrogens (tertiary/aromatic N) is 1.